The minimum atomic E-state index is -1.56. The highest BCUT2D eigenvalue weighted by atomic mass is 19.2. The molecular weight excluding hydrogens is 406 g/mol. The molecule has 4 rings (SSSR count). The molecule has 1 fully saturated rings. The lowest BCUT2D eigenvalue weighted by atomic mass is 9.92. The molecular formula is C23H20F2N2O4. The van der Waals surface area contributed by atoms with Gasteiger partial charge in [0.05, 0.1) is 6.54 Å². The van der Waals surface area contributed by atoms with Gasteiger partial charge in [-0.1, -0.05) is 36.4 Å². The van der Waals surface area contributed by atoms with Crippen LogP contribution in [0.3, 0.4) is 0 Å². The number of carbonyl (C=O) groups is 2. The molecule has 2 atom stereocenters. The van der Waals surface area contributed by atoms with E-state index in [1.807, 2.05) is 36.4 Å². The number of urea groups is 1. The van der Waals surface area contributed by atoms with Crippen molar-refractivity contribution < 1.29 is 28.2 Å². The average Bonchev–Trinajstić information content (AvgIpc) is 2.98. The van der Waals surface area contributed by atoms with E-state index in [-0.39, 0.29) is 18.7 Å². The quantitative estimate of drug-likeness (QED) is 0.593. The van der Waals surface area contributed by atoms with E-state index in [9.17, 15) is 23.5 Å². The number of β-amino-alcohol motifs (C(OH)–C–C–N with tert-alkyl or cyclic N) is 1. The van der Waals surface area contributed by atoms with E-state index in [2.05, 4.69) is 5.32 Å². The molecule has 8 heteroatoms. The van der Waals surface area contributed by atoms with E-state index in [4.69, 9.17) is 4.74 Å². The number of fused-ring (bicyclic) bond motifs is 1. The second-order valence-electron chi connectivity index (χ2n) is 7.57. The van der Waals surface area contributed by atoms with Crippen LogP contribution in [0.2, 0.25) is 0 Å². The Labute approximate surface area is 177 Å². The van der Waals surface area contributed by atoms with Crippen molar-refractivity contribution >= 4 is 22.7 Å². The van der Waals surface area contributed by atoms with Crippen molar-refractivity contribution in [1.29, 1.82) is 0 Å². The van der Waals surface area contributed by atoms with Gasteiger partial charge in [-0.25, -0.2) is 13.6 Å². The largest absolute Gasteiger partial charge is 0.491 e. The molecule has 0 aromatic heterocycles. The lowest BCUT2D eigenvalue weighted by Crippen LogP contribution is -2.42. The Bertz CT molecular complexity index is 1170. The summed E-state index contributed by atoms with van der Waals surface area (Å²) in [5.74, 6) is -2.31. The van der Waals surface area contributed by atoms with E-state index in [1.165, 1.54) is 13.0 Å². The van der Waals surface area contributed by atoms with Crippen LogP contribution in [0.1, 0.15) is 12.5 Å². The standard InChI is InChI=1S/C23H20F2N2O4/c1-23(16-7-9-19(24)20(25)11-16)21(29)27(22(30)26-23)12-17(28)13-31-18-8-6-14-4-2-3-5-15(14)10-18/h2-11,17,28H,12-13H2,1H3,(H,26,30). The number of aliphatic hydroxyl groups is 1. The van der Waals surface area contributed by atoms with Crippen LogP contribution in [0.15, 0.2) is 60.7 Å². The summed E-state index contributed by atoms with van der Waals surface area (Å²) < 4.78 is 32.5. The number of aliphatic hydroxyl groups excluding tert-OH is 1. The first-order valence-corrected chi connectivity index (χ1v) is 9.67. The van der Waals surface area contributed by atoms with Crippen LogP contribution in [0.4, 0.5) is 13.6 Å². The molecule has 160 valence electrons. The topological polar surface area (TPSA) is 78.9 Å². The predicted molar refractivity (Wildman–Crippen MR) is 109 cm³/mol. The number of imide groups is 1. The van der Waals surface area contributed by atoms with E-state index in [0.29, 0.717) is 5.75 Å². The number of hydrogen-bond acceptors (Lipinski definition) is 4. The van der Waals surface area contributed by atoms with Gasteiger partial charge in [0.1, 0.15) is 24.0 Å². The van der Waals surface area contributed by atoms with Gasteiger partial charge in [0, 0.05) is 0 Å². The highest BCUT2D eigenvalue weighted by Crippen LogP contribution is 2.30. The summed E-state index contributed by atoms with van der Waals surface area (Å²) in [6.07, 6.45) is -1.14. The van der Waals surface area contributed by atoms with Gasteiger partial charge in [0.15, 0.2) is 11.6 Å². The highest BCUT2D eigenvalue weighted by Gasteiger charge is 2.49. The maximum absolute atomic E-state index is 13.6. The molecule has 3 amide bonds. The number of amides is 3. The smallest absolute Gasteiger partial charge is 0.325 e. The highest BCUT2D eigenvalue weighted by molar-refractivity contribution is 6.07. The zero-order valence-corrected chi connectivity index (χ0v) is 16.6. The SMILES string of the molecule is CC1(c2ccc(F)c(F)c2)NC(=O)N(CC(O)COc2ccc3ccccc3c2)C1=O. The first-order valence-electron chi connectivity index (χ1n) is 9.67. The molecule has 0 saturated carbocycles. The maximum Gasteiger partial charge on any atom is 0.325 e. The van der Waals surface area contributed by atoms with Gasteiger partial charge in [-0.3, -0.25) is 9.69 Å². The summed E-state index contributed by atoms with van der Waals surface area (Å²) in [6.45, 7) is 0.951. The van der Waals surface area contributed by atoms with Gasteiger partial charge in [-0.05, 0) is 47.5 Å². The van der Waals surface area contributed by atoms with Crippen LogP contribution in [-0.4, -0.2) is 41.2 Å². The number of nitrogens with zero attached hydrogens (tertiary/aromatic N) is 1. The third-order valence-electron chi connectivity index (χ3n) is 5.33. The summed E-state index contributed by atoms with van der Waals surface area (Å²) in [5, 5.41) is 14.8. The second-order valence-corrected chi connectivity index (χ2v) is 7.57. The molecule has 0 spiro atoms. The molecule has 2 N–H and O–H groups in total. The number of halogens is 2. The third kappa shape index (κ3) is 3.94. The van der Waals surface area contributed by atoms with Gasteiger partial charge < -0.3 is 15.2 Å². The lowest BCUT2D eigenvalue weighted by molar-refractivity contribution is -0.132. The Hall–Kier alpha value is -3.52. The molecule has 1 aliphatic rings. The van der Waals surface area contributed by atoms with Crippen LogP contribution >= 0.6 is 0 Å². The van der Waals surface area contributed by atoms with Crippen molar-refractivity contribution in [3.8, 4) is 5.75 Å². The summed E-state index contributed by atoms with van der Waals surface area (Å²) in [4.78, 5) is 26.1. The van der Waals surface area contributed by atoms with Gasteiger partial charge in [0.2, 0.25) is 0 Å². The van der Waals surface area contributed by atoms with Crippen LogP contribution in [0.5, 0.6) is 5.75 Å². The van der Waals surface area contributed by atoms with Crippen molar-refractivity contribution in [3.05, 3.63) is 77.9 Å². The molecule has 0 radical (unpaired) electrons. The van der Waals surface area contributed by atoms with Crippen molar-refractivity contribution in [3.63, 3.8) is 0 Å². The summed E-state index contributed by atoms with van der Waals surface area (Å²) in [5.41, 5.74) is -1.46. The normalized spacial score (nSPS) is 19.5. The molecule has 0 aliphatic carbocycles. The van der Waals surface area contributed by atoms with Crippen LogP contribution < -0.4 is 10.1 Å². The van der Waals surface area contributed by atoms with Crippen LogP contribution in [-0.2, 0) is 10.3 Å². The third-order valence-corrected chi connectivity index (χ3v) is 5.33. The van der Waals surface area contributed by atoms with Crippen LogP contribution in [0, 0.1) is 11.6 Å². The predicted octanol–water partition coefficient (Wildman–Crippen LogP) is 3.32. The molecule has 31 heavy (non-hydrogen) atoms. The van der Waals surface area contributed by atoms with E-state index >= 15 is 0 Å². The molecule has 1 aliphatic heterocycles. The van der Waals surface area contributed by atoms with Gasteiger partial charge >= 0.3 is 6.03 Å². The van der Waals surface area contributed by atoms with E-state index < -0.39 is 35.2 Å². The van der Waals surface area contributed by atoms with E-state index in [1.54, 1.807) is 6.07 Å². The number of hydrogen-bond donors (Lipinski definition) is 2. The minimum Gasteiger partial charge on any atom is -0.491 e. The van der Waals surface area contributed by atoms with Crippen molar-refractivity contribution in [2.75, 3.05) is 13.2 Å². The number of ether oxygens (including phenoxy) is 1. The first-order chi connectivity index (χ1) is 14.8. The molecule has 1 heterocycles. The molecule has 6 nitrogen and oxygen atoms in total. The number of carbonyl (C=O) groups excluding carboxylic acids is 2. The Balaban J connectivity index is 1.42. The molecule has 3 aromatic rings. The maximum atomic E-state index is 13.6. The van der Waals surface area contributed by atoms with E-state index in [0.717, 1.165) is 27.8 Å². The van der Waals surface area contributed by atoms with Crippen molar-refractivity contribution in [2.45, 2.75) is 18.6 Å². The summed E-state index contributed by atoms with van der Waals surface area (Å²) in [6, 6.07) is 15.5. The fourth-order valence-corrected chi connectivity index (χ4v) is 3.58. The number of rotatable bonds is 6. The fourth-order valence-electron chi connectivity index (χ4n) is 3.58. The lowest BCUT2D eigenvalue weighted by Gasteiger charge is -2.23. The van der Waals surface area contributed by atoms with Crippen LogP contribution in [0.25, 0.3) is 10.8 Å². The van der Waals surface area contributed by atoms with Crippen molar-refractivity contribution in [2.24, 2.45) is 0 Å². The Morgan fingerprint density at radius 1 is 1.03 bits per heavy atom. The first kappa shape index (κ1) is 20.7. The Morgan fingerprint density at radius 2 is 1.77 bits per heavy atom. The van der Waals surface area contributed by atoms with Crippen molar-refractivity contribution in [1.82, 2.24) is 10.2 Å². The average molecular weight is 426 g/mol. The van der Waals surface area contributed by atoms with Gasteiger partial charge in [-0.2, -0.15) is 0 Å². The van der Waals surface area contributed by atoms with Gasteiger partial charge in [-0.15, -0.1) is 0 Å². The molecule has 1 saturated heterocycles. The zero-order chi connectivity index (χ0) is 22.2. The second kappa shape index (κ2) is 7.96. The monoisotopic (exact) mass is 426 g/mol. The number of nitrogens with one attached hydrogen (secondary N) is 1. The Kier molecular flexibility index (Phi) is 5.32. The summed E-state index contributed by atoms with van der Waals surface area (Å²) >= 11 is 0. The zero-order valence-electron chi connectivity index (χ0n) is 16.6. The molecule has 0 bridgehead atoms. The molecule has 3 aromatic carbocycles. The fraction of sp³-hybridized carbons (Fsp3) is 0.217. The summed E-state index contributed by atoms with van der Waals surface area (Å²) in [7, 11) is 0. The molecule has 2 unspecified atom stereocenters. The number of benzene rings is 3. The minimum absolute atomic E-state index is 0.106. The van der Waals surface area contributed by atoms with Gasteiger partial charge in [0.25, 0.3) is 5.91 Å². The Morgan fingerprint density at radius 3 is 2.52 bits per heavy atom.